The minimum Gasteiger partial charge on any atom is -0.466 e. The van der Waals surface area contributed by atoms with Crippen molar-refractivity contribution in [3.63, 3.8) is 0 Å². The van der Waals surface area contributed by atoms with Crippen molar-refractivity contribution in [2.45, 2.75) is 45.6 Å². The van der Waals surface area contributed by atoms with E-state index in [1.807, 2.05) is 6.92 Å². The molecule has 0 bridgehead atoms. The van der Waals surface area contributed by atoms with E-state index >= 15 is 0 Å². The Balaban J connectivity index is 2.39. The molecule has 0 saturated carbocycles. The number of likely N-dealkylation sites (tertiary alicyclic amines) is 1. The van der Waals surface area contributed by atoms with E-state index in [9.17, 15) is 9.59 Å². The lowest BCUT2D eigenvalue weighted by Crippen LogP contribution is -2.48. The minimum absolute atomic E-state index is 0.0131. The molecule has 18 heavy (non-hydrogen) atoms. The maximum atomic E-state index is 12.0. The number of carbonyl (C=O) groups excluding carboxylic acids is 2. The summed E-state index contributed by atoms with van der Waals surface area (Å²) in [4.78, 5) is 25.3. The van der Waals surface area contributed by atoms with Gasteiger partial charge in [0.25, 0.3) is 0 Å². The fraction of sp³-hybridized carbons (Fsp3) is 0.846. The third-order valence-electron chi connectivity index (χ3n) is 3.34. The molecule has 1 saturated heterocycles. The fourth-order valence-corrected chi connectivity index (χ4v) is 2.26. The molecule has 1 heterocycles. The van der Waals surface area contributed by atoms with Crippen LogP contribution in [-0.4, -0.2) is 42.5 Å². The van der Waals surface area contributed by atoms with Crippen LogP contribution >= 0.6 is 0 Å². The van der Waals surface area contributed by atoms with Crippen molar-refractivity contribution >= 4 is 11.9 Å². The molecule has 0 radical (unpaired) electrons. The predicted octanol–water partition coefficient (Wildman–Crippen LogP) is 0.915. The number of hydrogen-bond donors (Lipinski definition) is 1. The Morgan fingerprint density at radius 2 is 1.94 bits per heavy atom. The van der Waals surface area contributed by atoms with Crippen molar-refractivity contribution in [3.05, 3.63) is 0 Å². The molecule has 0 aromatic carbocycles. The van der Waals surface area contributed by atoms with E-state index in [-0.39, 0.29) is 17.8 Å². The van der Waals surface area contributed by atoms with Gasteiger partial charge in [-0.2, -0.15) is 0 Å². The maximum absolute atomic E-state index is 12.0. The lowest BCUT2D eigenvalue weighted by atomic mass is 9.96. The lowest BCUT2D eigenvalue weighted by molar-refractivity contribution is -0.151. The molecular formula is C13H24N2O3. The van der Waals surface area contributed by atoms with Gasteiger partial charge in [-0.3, -0.25) is 9.59 Å². The Morgan fingerprint density at radius 1 is 1.33 bits per heavy atom. The molecule has 1 fully saturated rings. The maximum Gasteiger partial charge on any atom is 0.309 e. The van der Waals surface area contributed by atoms with Crippen LogP contribution in [0.2, 0.25) is 0 Å². The number of ether oxygens (including phenoxy) is 1. The average Bonchev–Trinajstić information content (AvgIpc) is 2.38. The van der Waals surface area contributed by atoms with Crippen LogP contribution in [-0.2, 0) is 14.3 Å². The Kier molecular flexibility index (Phi) is 6.12. The largest absolute Gasteiger partial charge is 0.466 e. The van der Waals surface area contributed by atoms with Crippen LogP contribution in [0.15, 0.2) is 0 Å². The monoisotopic (exact) mass is 256 g/mol. The second-order valence-corrected chi connectivity index (χ2v) is 4.75. The summed E-state index contributed by atoms with van der Waals surface area (Å²) in [5.74, 6) is -0.182. The zero-order valence-electron chi connectivity index (χ0n) is 11.4. The van der Waals surface area contributed by atoms with Gasteiger partial charge < -0.3 is 15.4 Å². The summed E-state index contributed by atoms with van der Waals surface area (Å²) in [6, 6.07) is -0.394. The molecule has 1 aliphatic heterocycles. The smallest absolute Gasteiger partial charge is 0.309 e. The number of hydrogen-bond acceptors (Lipinski definition) is 4. The highest BCUT2D eigenvalue weighted by Crippen LogP contribution is 2.19. The van der Waals surface area contributed by atoms with Crippen LogP contribution in [0.4, 0.5) is 0 Å². The summed E-state index contributed by atoms with van der Waals surface area (Å²) in [5.41, 5.74) is 5.82. The van der Waals surface area contributed by atoms with Crippen molar-refractivity contribution in [1.82, 2.24) is 4.90 Å². The molecule has 1 atom stereocenters. The highest BCUT2D eigenvalue weighted by Gasteiger charge is 2.29. The van der Waals surface area contributed by atoms with Gasteiger partial charge >= 0.3 is 5.97 Å². The van der Waals surface area contributed by atoms with E-state index in [2.05, 4.69) is 0 Å². The summed E-state index contributed by atoms with van der Waals surface area (Å²) in [7, 11) is 0. The quantitative estimate of drug-likeness (QED) is 0.742. The molecule has 5 heteroatoms. The van der Waals surface area contributed by atoms with Gasteiger partial charge in [0.2, 0.25) is 5.91 Å². The third-order valence-corrected chi connectivity index (χ3v) is 3.34. The number of nitrogens with two attached hydrogens (primary N) is 1. The number of nitrogens with zero attached hydrogens (tertiary/aromatic N) is 1. The lowest BCUT2D eigenvalue weighted by Gasteiger charge is -2.32. The van der Waals surface area contributed by atoms with Crippen LogP contribution in [0.25, 0.3) is 0 Å². The van der Waals surface area contributed by atoms with Crippen LogP contribution in [0, 0.1) is 5.92 Å². The molecule has 0 aliphatic carbocycles. The zero-order valence-corrected chi connectivity index (χ0v) is 11.4. The first-order valence-corrected chi connectivity index (χ1v) is 6.81. The molecule has 1 rings (SSSR count). The van der Waals surface area contributed by atoms with E-state index in [1.165, 1.54) is 0 Å². The van der Waals surface area contributed by atoms with Crippen molar-refractivity contribution in [3.8, 4) is 0 Å². The topological polar surface area (TPSA) is 72.6 Å². The first-order valence-electron chi connectivity index (χ1n) is 6.81. The highest BCUT2D eigenvalue weighted by molar-refractivity contribution is 5.82. The summed E-state index contributed by atoms with van der Waals surface area (Å²) in [5, 5.41) is 0. The Bertz CT molecular complexity index is 286. The standard InChI is InChI=1S/C13H24N2O3/c1-3-5-11(14)12(16)15-8-6-10(7-9-15)13(17)18-4-2/h10-11H,3-9,14H2,1-2H3/t11-/m1/s1. The van der Waals surface area contributed by atoms with Crippen molar-refractivity contribution in [1.29, 1.82) is 0 Å². The van der Waals surface area contributed by atoms with Gasteiger partial charge in [0, 0.05) is 13.1 Å². The van der Waals surface area contributed by atoms with Crippen molar-refractivity contribution in [2.75, 3.05) is 19.7 Å². The molecule has 2 N–H and O–H groups in total. The SMILES string of the molecule is CCC[C@@H](N)C(=O)N1CCC(C(=O)OCC)CC1. The van der Waals surface area contributed by atoms with E-state index < -0.39 is 6.04 Å². The molecule has 0 spiro atoms. The van der Waals surface area contributed by atoms with Gasteiger partial charge in [0.1, 0.15) is 0 Å². The number of amides is 1. The second-order valence-electron chi connectivity index (χ2n) is 4.75. The van der Waals surface area contributed by atoms with Crippen LogP contribution in [0.3, 0.4) is 0 Å². The predicted molar refractivity (Wildman–Crippen MR) is 68.8 cm³/mol. The van der Waals surface area contributed by atoms with Crippen molar-refractivity contribution in [2.24, 2.45) is 11.7 Å². The van der Waals surface area contributed by atoms with E-state index in [0.717, 1.165) is 12.8 Å². The van der Waals surface area contributed by atoms with E-state index in [0.29, 0.717) is 32.5 Å². The molecule has 104 valence electrons. The molecule has 5 nitrogen and oxygen atoms in total. The van der Waals surface area contributed by atoms with Crippen LogP contribution in [0.5, 0.6) is 0 Å². The average molecular weight is 256 g/mol. The first-order chi connectivity index (χ1) is 8.60. The summed E-state index contributed by atoms with van der Waals surface area (Å²) >= 11 is 0. The highest BCUT2D eigenvalue weighted by atomic mass is 16.5. The van der Waals surface area contributed by atoms with Gasteiger partial charge in [-0.25, -0.2) is 0 Å². The fourth-order valence-electron chi connectivity index (χ4n) is 2.26. The number of carbonyl (C=O) groups is 2. The van der Waals surface area contributed by atoms with Gasteiger partial charge in [0.05, 0.1) is 18.6 Å². The van der Waals surface area contributed by atoms with E-state index in [4.69, 9.17) is 10.5 Å². The molecule has 0 aromatic rings. The first kappa shape index (κ1) is 15.0. The zero-order chi connectivity index (χ0) is 13.5. The van der Waals surface area contributed by atoms with Gasteiger partial charge in [-0.1, -0.05) is 13.3 Å². The minimum atomic E-state index is -0.394. The van der Waals surface area contributed by atoms with Gasteiger partial charge in [-0.05, 0) is 26.2 Å². The normalized spacial score (nSPS) is 18.5. The molecule has 1 amide bonds. The Hall–Kier alpha value is -1.10. The number of rotatable bonds is 5. The summed E-state index contributed by atoms with van der Waals surface area (Å²) in [6.45, 7) is 5.46. The molecule has 1 aliphatic rings. The Morgan fingerprint density at radius 3 is 2.44 bits per heavy atom. The Labute approximate surface area is 109 Å². The van der Waals surface area contributed by atoms with Crippen LogP contribution < -0.4 is 5.73 Å². The number of piperidine rings is 1. The molecule has 0 aromatic heterocycles. The van der Waals surface area contributed by atoms with Gasteiger partial charge in [0.15, 0.2) is 0 Å². The molecular weight excluding hydrogens is 232 g/mol. The molecule has 0 unspecified atom stereocenters. The summed E-state index contributed by atoms with van der Waals surface area (Å²) in [6.07, 6.45) is 3.00. The van der Waals surface area contributed by atoms with E-state index in [1.54, 1.807) is 11.8 Å². The van der Waals surface area contributed by atoms with Gasteiger partial charge in [-0.15, -0.1) is 0 Å². The second kappa shape index (κ2) is 7.36. The van der Waals surface area contributed by atoms with Crippen molar-refractivity contribution < 1.29 is 14.3 Å². The third kappa shape index (κ3) is 3.98. The number of esters is 1. The van der Waals surface area contributed by atoms with Crippen LogP contribution in [0.1, 0.15) is 39.5 Å². The summed E-state index contributed by atoms with van der Waals surface area (Å²) < 4.78 is 5.00.